The van der Waals surface area contributed by atoms with Crippen molar-refractivity contribution in [3.63, 3.8) is 0 Å². The van der Waals surface area contributed by atoms with Crippen molar-refractivity contribution in [3.05, 3.63) is 64.7 Å². The molecule has 0 aliphatic heterocycles. The van der Waals surface area contributed by atoms with E-state index in [1.165, 1.54) is 6.07 Å². The minimum absolute atomic E-state index is 0.194. The van der Waals surface area contributed by atoms with Gasteiger partial charge in [-0.2, -0.15) is 0 Å². The van der Waals surface area contributed by atoms with Crippen LogP contribution in [0.1, 0.15) is 45.2 Å². The Morgan fingerprint density at radius 2 is 1.73 bits per heavy atom. The second kappa shape index (κ2) is 6.89. The van der Waals surface area contributed by atoms with E-state index < -0.39 is 5.97 Å². The SMILES string of the molecule is CCCc1ccccc1C(=O)Nc1cccc(C(=O)O)c1C. The van der Waals surface area contributed by atoms with Gasteiger partial charge in [-0.1, -0.05) is 37.6 Å². The highest BCUT2D eigenvalue weighted by atomic mass is 16.4. The van der Waals surface area contributed by atoms with Gasteiger partial charge in [0.05, 0.1) is 5.56 Å². The Balaban J connectivity index is 2.30. The van der Waals surface area contributed by atoms with E-state index in [0.29, 0.717) is 16.8 Å². The van der Waals surface area contributed by atoms with Crippen LogP contribution in [0.3, 0.4) is 0 Å². The largest absolute Gasteiger partial charge is 0.478 e. The maximum Gasteiger partial charge on any atom is 0.336 e. The first kappa shape index (κ1) is 15.8. The van der Waals surface area contributed by atoms with Gasteiger partial charge < -0.3 is 10.4 Å². The van der Waals surface area contributed by atoms with Crippen molar-refractivity contribution in [2.75, 3.05) is 5.32 Å². The molecule has 0 aliphatic rings. The molecular weight excluding hydrogens is 278 g/mol. The van der Waals surface area contributed by atoms with E-state index in [9.17, 15) is 9.59 Å². The van der Waals surface area contributed by atoms with Gasteiger partial charge in [-0.05, 0) is 42.7 Å². The van der Waals surface area contributed by atoms with Crippen molar-refractivity contribution in [2.45, 2.75) is 26.7 Å². The Kier molecular flexibility index (Phi) is 4.94. The van der Waals surface area contributed by atoms with Crippen molar-refractivity contribution in [2.24, 2.45) is 0 Å². The van der Waals surface area contributed by atoms with E-state index in [2.05, 4.69) is 12.2 Å². The highest BCUT2D eigenvalue weighted by Gasteiger charge is 2.14. The minimum Gasteiger partial charge on any atom is -0.478 e. The summed E-state index contributed by atoms with van der Waals surface area (Å²) in [5.74, 6) is -1.21. The summed E-state index contributed by atoms with van der Waals surface area (Å²) in [7, 11) is 0. The summed E-state index contributed by atoms with van der Waals surface area (Å²) in [6, 6.07) is 12.3. The molecule has 2 rings (SSSR count). The molecule has 0 unspecified atom stereocenters. The molecule has 0 atom stereocenters. The number of rotatable bonds is 5. The van der Waals surface area contributed by atoms with E-state index >= 15 is 0 Å². The van der Waals surface area contributed by atoms with Gasteiger partial charge in [-0.25, -0.2) is 4.79 Å². The monoisotopic (exact) mass is 297 g/mol. The number of carboxylic acid groups (broad SMARTS) is 1. The summed E-state index contributed by atoms with van der Waals surface area (Å²) in [4.78, 5) is 23.6. The first-order valence-corrected chi connectivity index (χ1v) is 7.26. The van der Waals surface area contributed by atoms with Gasteiger partial charge in [0.25, 0.3) is 5.91 Å². The number of carbonyl (C=O) groups is 2. The zero-order valence-electron chi connectivity index (χ0n) is 12.7. The summed E-state index contributed by atoms with van der Waals surface area (Å²) in [6.45, 7) is 3.76. The first-order valence-electron chi connectivity index (χ1n) is 7.26. The van der Waals surface area contributed by atoms with Gasteiger partial charge in [-0.15, -0.1) is 0 Å². The van der Waals surface area contributed by atoms with Gasteiger partial charge in [0.1, 0.15) is 0 Å². The van der Waals surface area contributed by atoms with Crippen LogP contribution < -0.4 is 5.32 Å². The summed E-state index contributed by atoms with van der Waals surface area (Å²) in [5, 5.41) is 12.0. The molecule has 0 aliphatic carbocycles. The van der Waals surface area contributed by atoms with Crippen LogP contribution in [0.15, 0.2) is 42.5 Å². The zero-order valence-corrected chi connectivity index (χ0v) is 12.7. The number of amides is 1. The van der Waals surface area contributed by atoms with Gasteiger partial charge in [0, 0.05) is 11.3 Å². The predicted octanol–water partition coefficient (Wildman–Crippen LogP) is 3.90. The van der Waals surface area contributed by atoms with Crippen molar-refractivity contribution in [1.29, 1.82) is 0 Å². The molecule has 0 saturated heterocycles. The molecule has 1 amide bonds. The third-order valence-electron chi connectivity index (χ3n) is 3.59. The van der Waals surface area contributed by atoms with Crippen molar-refractivity contribution >= 4 is 17.6 Å². The second-order valence-corrected chi connectivity index (χ2v) is 5.14. The molecule has 2 aromatic rings. The summed E-state index contributed by atoms with van der Waals surface area (Å²) in [6.07, 6.45) is 1.79. The third-order valence-corrected chi connectivity index (χ3v) is 3.59. The van der Waals surface area contributed by atoms with Gasteiger partial charge >= 0.3 is 5.97 Å². The molecule has 114 valence electrons. The molecule has 0 saturated carbocycles. The number of hydrogen-bond acceptors (Lipinski definition) is 2. The Morgan fingerprint density at radius 1 is 1.05 bits per heavy atom. The fraction of sp³-hybridized carbons (Fsp3) is 0.222. The summed E-state index contributed by atoms with van der Waals surface area (Å²) < 4.78 is 0. The number of anilines is 1. The molecule has 4 nitrogen and oxygen atoms in total. The lowest BCUT2D eigenvalue weighted by Crippen LogP contribution is -2.16. The fourth-order valence-electron chi connectivity index (χ4n) is 2.42. The lowest BCUT2D eigenvalue weighted by Gasteiger charge is -2.12. The van der Waals surface area contributed by atoms with E-state index in [0.717, 1.165) is 18.4 Å². The molecule has 0 bridgehead atoms. The molecule has 2 N–H and O–H groups in total. The van der Waals surface area contributed by atoms with E-state index in [1.54, 1.807) is 25.1 Å². The maximum absolute atomic E-state index is 12.5. The van der Waals surface area contributed by atoms with Crippen LogP contribution in [0.25, 0.3) is 0 Å². The van der Waals surface area contributed by atoms with Crippen LogP contribution in [0.5, 0.6) is 0 Å². The number of carbonyl (C=O) groups excluding carboxylic acids is 1. The average molecular weight is 297 g/mol. The van der Waals surface area contributed by atoms with Gasteiger partial charge in [0.15, 0.2) is 0 Å². The highest BCUT2D eigenvalue weighted by molar-refractivity contribution is 6.06. The Labute approximate surface area is 129 Å². The molecule has 0 spiro atoms. The quantitative estimate of drug-likeness (QED) is 0.879. The van der Waals surface area contributed by atoms with E-state index in [4.69, 9.17) is 5.11 Å². The van der Waals surface area contributed by atoms with E-state index in [1.807, 2.05) is 18.2 Å². The maximum atomic E-state index is 12.5. The predicted molar refractivity (Wildman–Crippen MR) is 86.5 cm³/mol. The molecule has 0 heterocycles. The van der Waals surface area contributed by atoms with Crippen molar-refractivity contribution in [3.8, 4) is 0 Å². The van der Waals surface area contributed by atoms with Gasteiger partial charge in [-0.3, -0.25) is 4.79 Å². The number of aryl methyl sites for hydroxylation is 1. The molecular formula is C18H19NO3. The fourth-order valence-corrected chi connectivity index (χ4v) is 2.42. The third kappa shape index (κ3) is 3.34. The van der Waals surface area contributed by atoms with Crippen molar-refractivity contribution in [1.82, 2.24) is 0 Å². The van der Waals surface area contributed by atoms with Crippen LogP contribution in [0.2, 0.25) is 0 Å². The van der Waals surface area contributed by atoms with Crippen LogP contribution in [-0.4, -0.2) is 17.0 Å². The number of carboxylic acids is 1. The lowest BCUT2D eigenvalue weighted by atomic mass is 10.0. The van der Waals surface area contributed by atoms with Crippen LogP contribution in [0, 0.1) is 6.92 Å². The number of nitrogens with one attached hydrogen (secondary N) is 1. The molecule has 0 aromatic heterocycles. The van der Waals surface area contributed by atoms with Crippen molar-refractivity contribution < 1.29 is 14.7 Å². The molecule has 0 radical (unpaired) electrons. The standard InChI is InChI=1S/C18H19NO3/c1-3-7-13-8-4-5-9-15(13)17(20)19-16-11-6-10-14(12(16)2)18(21)22/h4-6,8-11H,3,7H2,1-2H3,(H,19,20)(H,21,22). The summed E-state index contributed by atoms with van der Waals surface area (Å²) in [5.41, 5.74) is 2.89. The first-order chi connectivity index (χ1) is 10.5. The topological polar surface area (TPSA) is 66.4 Å². The molecule has 22 heavy (non-hydrogen) atoms. The van der Waals surface area contributed by atoms with Crippen LogP contribution >= 0.6 is 0 Å². The molecule has 2 aromatic carbocycles. The number of aromatic carboxylic acids is 1. The molecule has 4 heteroatoms. The highest BCUT2D eigenvalue weighted by Crippen LogP contribution is 2.21. The zero-order chi connectivity index (χ0) is 16.1. The lowest BCUT2D eigenvalue weighted by molar-refractivity contribution is 0.0695. The minimum atomic E-state index is -1.00. The Hall–Kier alpha value is -2.62. The van der Waals surface area contributed by atoms with E-state index in [-0.39, 0.29) is 11.5 Å². The van der Waals surface area contributed by atoms with Crippen LogP contribution in [0.4, 0.5) is 5.69 Å². The smallest absolute Gasteiger partial charge is 0.336 e. The molecule has 0 fully saturated rings. The normalized spacial score (nSPS) is 10.3. The van der Waals surface area contributed by atoms with Crippen LogP contribution in [-0.2, 0) is 6.42 Å². The van der Waals surface area contributed by atoms with Gasteiger partial charge in [0.2, 0.25) is 0 Å². The Bertz CT molecular complexity index is 707. The number of hydrogen-bond donors (Lipinski definition) is 2. The average Bonchev–Trinajstić information content (AvgIpc) is 2.50. The summed E-state index contributed by atoms with van der Waals surface area (Å²) >= 11 is 0. The second-order valence-electron chi connectivity index (χ2n) is 5.14. The Morgan fingerprint density at radius 3 is 2.41 bits per heavy atom. The number of benzene rings is 2.